The van der Waals surface area contributed by atoms with Crippen molar-refractivity contribution in [1.29, 1.82) is 0 Å². The van der Waals surface area contributed by atoms with Gasteiger partial charge in [0.25, 0.3) is 0 Å². The monoisotopic (exact) mass is 527 g/mol. The van der Waals surface area contributed by atoms with Crippen LogP contribution in [0.2, 0.25) is 0 Å². The van der Waals surface area contributed by atoms with Crippen molar-refractivity contribution in [1.82, 2.24) is 19.9 Å². The van der Waals surface area contributed by atoms with Crippen LogP contribution in [0.25, 0.3) is 22.0 Å². The highest BCUT2D eigenvalue weighted by molar-refractivity contribution is 6.02. The number of likely N-dealkylation sites (N-methyl/N-ethyl adjacent to an activating group) is 1. The summed E-state index contributed by atoms with van der Waals surface area (Å²) in [5.74, 6) is 0.151. The van der Waals surface area contributed by atoms with E-state index < -0.39 is 5.82 Å². The number of nitrogens with zero attached hydrogens (tertiary/aromatic N) is 5. The molecule has 1 aliphatic heterocycles. The first kappa shape index (κ1) is 26.1. The van der Waals surface area contributed by atoms with Crippen LogP contribution >= 0.6 is 0 Å². The van der Waals surface area contributed by atoms with Crippen LogP contribution in [0.4, 0.5) is 27.4 Å². The predicted molar refractivity (Wildman–Crippen MR) is 152 cm³/mol. The van der Waals surface area contributed by atoms with Crippen molar-refractivity contribution in [2.24, 2.45) is 0 Å². The van der Waals surface area contributed by atoms with E-state index in [1.807, 2.05) is 30.3 Å². The number of amides is 1. The third-order valence-corrected chi connectivity index (χ3v) is 6.87. The molecule has 1 amide bonds. The lowest BCUT2D eigenvalue weighted by molar-refractivity contribution is -0.111. The summed E-state index contributed by atoms with van der Waals surface area (Å²) >= 11 is 0. The molecule has 2 aromatic heterocycles. The number of hydrogen-bond acceptors (Lipinski definition) is 8. The maximum Gasteiger partial charge on any atom is 0.247 e. The maximum absolute atomic E-state index is 13.9. The van der Waals surface area contributed by atoms with E-state index in [9.17, 15) is 9.18 Å². The van der Waals surface area contributed by atoms with Crippen LogP contribution in [-0.4, -0.2) is 66.1 Å². The number of nitrogens with one attached hydrogen (secondary N) is 2. The standard InChI is InChI=1S/C29H30FN7O2/c1-5-27(38)33-23-12-24(26(39-4)13-25(23)37-10-9-21(17-37)36(2)3)34-29-32-15-18-7-6-8-22(28(18)35-29)19-11-20(30)16-31-14-19/h5-8,11-16,21H,1,9-10,17H2,2-4H3,(H,33,38)(H,32,34,35). The molecule has 1 aliphatic rings. The van der Waals surface area contributed by atoms with E-state index in [1.165, 1.54) is 12.1 Å². The summed E-state index contributed by atoms with van der Waals surface area (Å²) in [5.41, 5.74) is 4.05. The van der Waals surface area contributed by atoms with E-state index in [4.69, 9.17) is 9.72 Å². The molecule has 0 aliphatic carbocycles. The van der Waals surface area contributed by atoms with Crippen molar-refractivity contribution in [2.45, 2.75) is 12.5 Å². The molecule has 9 nitrogen and oxygen atoms in total. The summed E-state index contributed by atoms with van der Waals surface area (Å²) in [5, 5.41) is 6.97. The average molecular weight is 528 g/mol. The number of carbonyl (C=O) groups is 1. The summed E-state index contributed by atoms with van der Waals surface area (Å²) in [7, 11) is 5.74. The zero-order chi connectivity index (χ0) is 27.5. The van der Waals surface area contributed by atoms with Crippen molar-refractivity contribution in [3.8, 4) is 16.9 Å². The summed E-state index contributed by atoms with van der Waals surface area (Å²) < 4.78 is 19.6. The summed E-state index contributed by atoms with van der Waals surface area (Å²) in [6.07, 6.45) is 6.72. The minimum absolute atomic E-state index is 0.314. The van der Waals surface area contributed by atoms with Crippen molar-refractivity contribution in [2.75, 3.05) is 49.8 Å². The minimum atomic E-state index is -0.425. The molecule has 39 heavy (non-hydrogen) atoms. The van der Waals surface area contributed by atoms with Gasteiger partial charge in [-0.25, -0.2) is 14.4 Å². The number of halogens is 1. The molecule has 2 N–H and O–H groups in total. The van der Waals surface area contributed by atoms with E-state index in [1.54, 1.807) is 19.5 Å². The topological polar surface area (TPSA) is 95.5 Å². The fourth-order valence-electron chi connectivity index (χ4n) is 4.79. The van der Waals surface area contributed by atoms with Crippen LogP contribution in [0.1, 0.15) is 6.42 Å². The largest absolute Gasteiger partial charge is 0.494 e. The van der Waals surface area contributed by atoms with Gasteiger partial charge in [-0.2, -0.15) is 0 Å². The fraction of sp³-hybridized carbons (Fsp3) is 0.241. The summed E-state index contributed by atoms with van der Waals surface area (Å²) in [6, 6.07) is 11.2. The van der Waals surface area contributed by atoms with E-state index in [-0.39, 0.29) is 5.91 Å². The normalized spacial score (nSPS) is 15.0. The van der Waals surface area contributed by atoms with Gasteiger partial charge in [-0.15, -0.1) is 0 Å². The highest BCUT2D eigenvalue weighted by Crippen LogP contribution is 2.40. The van der Waals surface area contributed by atoms with Crippen LogP contribution in [0.5, 0.6) is 5.75 Å². The molecule has 3 heterocycles. The number of pyridine rings is 1. The maximum atomic E-state index is 13.9. The van der Waals surface area contributed by atoms with Crippen molar-refractivity contribution in [3.63, 3.8) is 0 Å². The van der Waals surface area contributed by atoms with Crippen molar-refractivity contribution in [3.05, 3.63) is 73.5 Å². The van der Waals surface area contributed by atoms with E-state index in [0.29, 0.717) is 40.2 Å². The van der Waals surface area contributed by atoms with E-state index in [0.717, 1.165) is 42.3 Å². The molecule has 0 radical (unpaired) electrons. The molecule has 1 atom stereocenters. The second kappa shape index (κ2) is 11.0. The lowest BCUT2D eigenvalue weighted by atomic mass is 10.0. The molecule has 200 valence electrons. The molecule has 1 fully saturated rings. The number of benzene rings is 2. The van der Waals surface area contributed by atoms with Crippen molar-refractivity contribution >= 4 is 39.8 Å². The molecule has 0 spiro atoms. The molecular weight excluding hydrogens is 497 g/mol. The third-order valence-electron chi connectivity index (χ3n) is 6.87. The predicted octanol–water partition coefficient (Wildman–Crippen LogP) is 4.85. The first-order valence-corrected chi connectivity index (χ1v) is 12.6. The number of fused-ring (bicyclic) bond motifs is 1. The number of ether oxygens (including phenoxy) is 1. The Hall–Kier alpha value is -4.57. The number of aromatic nitrogens is 3. The van der Waals surface area contributed by atoms with Gasteiger partial charge in [-0.1, -0.05) is 24.8 Å². The van der Waals surface area contributed by atoms with Gasteiger partial charge in [-0.3, -0.25) is 9.78 Å². The van der Waals surface area contributed by atoms with Gasteiger partial charge in [-0.05, 0) is 38.7 Å². The zero-order valence-electron chi connectivity index (χ0n) is 22.1. The Balaban J connectivity index is 1.54. The quantitative estimate of drug-likeness (QED) is 0.314. The van der Waals surface area contributed by atoms with Gasteiger partial charge < -0.3 is 25.2 Å². The van der Waals surface area contributed by atoms with Gasteiger partial charge in [0.2, 0.25) is 11.9 Å². The Morgan fingerprint density at radius 3 is 2.77 bits per heavy atom. The zero-order valence-corrected chi connectivity index (χ0v) is 22.1. The Labute approximate surface area is 226 Å². The van der Waals surface area contributed by atoms with E-state index in [2.05, 4.69) is 51.1 Å². The molecule has 5 rings (SSSR count). The molecule has 2 aromatic carbocycles. The van der Waals surface area contributed by atoms with Gasteiger partial charge in [0, 0.05) is 54.1 Å². The fourth-order valence-corrected chi connectivity index (χ4v) is 4.79. The Morgan fingerprint density at radius 1 is 1.21 bits per heavy atom. The summed E-state index contributed by atoms with van der Waals surface area (Å²) in [4.78, 5) is 30.0. The average Bonchev–Trinajstić information content (AvgIpc) is 3.43. The molecule has 0 bridgehead atoms. The highest BCUT2D eigenvalue weighted by Gasteiger charge is 2.27. The number of carbonyl (C=O) groups excluding carboxylic acids is 1. The smallest absolute Gasteiger partial charge is 0.247 e. The van der Waals surface area contributed by atoms with Crippen molar-refractivity contribution < 1.29 is 13.9 Å². The van der Waals surface area contributed by atoms with Crippen LogP contribution in [0, 0.1) is 5.82 Å². The van der Waals surface area contributed by atoms with Crippen LogP contribution < -0.4 is 20.3 Å². The molecule has 4 aromatic rings. The number of hydrogen-bond donors (Lipinski definition) is 2. The van der Waals surface area contributed by atoms with Crippen LogP contribution in [0.3, 0.4) is 0 Å². The molecule has 1 saturated heterocycles. The van der Waals surface area contributed by atoms with Gasteiger partial charge in [0.1, 0.15) is 11.6 Å². The van der Waals surface area contributed by atoms with Crippen LogP contribution in [-0.2, 0) is 4.79 Å². The second-order valence-electron chi connectivity index (χ2n) is 9.57. The molecule has 0 saturated carbocycles. The molecule has 1 unspecified atom stereocenters. The third kappa shape index (κ3) is 5.51. The van der Waals surface area contributed by atoms with Gasteiger partial charge >= 0.3 is 0 Å². The van der Waals surface area contributed by atoms with Gasteiger partial charge in [0.05, 0.1) is 35.9 Å². The Bertz CT molecular complexity index is 1540. The minimum Gasteiger partial charge on any atom is -0.494 e. The summed E-state index contributed by atoms with van der Waals surface area (Å²) in [6.45, 7) is 5.26. The Morgan fingerprint density at radius 2 is 2.05 bits per heavy atom. The molecule has 10 heteroatoms. The number of rotatable bonds is 8. The van der Waals surface area contributed by atoms with E-state index >= 15 is 0 Å². The second-order valence-corrected chi connectivity index (χ2v) is 9.57. The lowest BCUT2D eigenvalue weighted by Gasteiger charge is -2.25. The van der Waals surface area contributed by atoms with Gasteiger partial charge in [0.15, 0.2) is 0 Å². The first-order valence-electron chi connectivity index (χ1n) is 12.6. The number of para-hydroxylation sites is 1. The Kier molecular flexibility index (Phi) is 7.38. The van der Waals surface area contributed by atoms with Crippen LogP contribution in [0.15, 0.2) is 67.6 Å². The molecular formula is C29H30FN7O2. The number of methoxy groups -OCH3 is 1. The number of anilines is 4. The lowest BCUT2D eigenvalue weighted by Crippen LogP contribution is -2.31. The highest BCUT2D eigenvalue weighted by atomic mass is 19.1. The SMILES string of the molecule is C=CC(=O)Nc1cc(Nc2ncc3cccc(-c4cncc(F)c4)c3n2)c(OC)cc1N1CCC(N(C)C)C1. The first-order chi connectivity index (χ1) is 18.9.